The minimum atomic E-state index is -0.656. The Morgan fingerprint density at radius 2 is 1.77 bits per heavy atom. The Hall–Kier alpha value is -5.54. The van der Waals surface area contributed by atoms with Gasteiger partial charge in [-0.2, -0.15) is 10.4 Å². The first-order valence-electron chi connectivity index (χ1n) is 12.7. The Bertz CT molecular complexity index is 1830. The molecule has 0 spiro atoms. The summed E-state index contributed by atoms with van der Waals surface area (Å²) in [4.78, 5) is 17.3. The summed E-state index contributed by atoms with van der Waals surface area (Å²) >= 11 is 0. The number of anilines is 4. The predicted octanol–water partition coefficient (Wildman–Crippen LogP) is 5.96. The van der Waals surface area contributed by atoms with E-state index < -0.39 is 5.41 Å². The van der Waals surface area contributed by atoms with Gasteiger partial charge in [0.15, 0.2) is 5.65 Å². The van der Waals surface area contributed by atoms with Crippen LogP contribution in [-0.4, -0.2) is 25.2 Å². The molecule has 198 valence electrons. The van der Waals surface area contributed by atoms with Crippen LogP contribution in [0.5, 0.6) is 0 Å². The Balaban J connectivity index is 1.33. The van der Waals surface area contributed by atoms with Crippen LogP contribution < -0.4 is 16.0 Å². The third-order valence-electron chi connectivity index (χ3n) is 6.46. The maximum atomic E-state index is 12.7. The zero-order chi connectivity index (χ0) is 28.3. The molecular weight excluding hydrogens is 500 g/mol. The van der Waals surface area contributed by atoms with Crippen LogP contribution in [0.1, 0.15) is 36.2 Å². The largest absolute Gasteiger partial charge is 0.350 e. The van der Waals surface area contributed by atoms with Crippen molar-refractivity contribution >= 4 is 34.4 Å². The van der Waals surface area contributed by atoms with Gasteiger partial charge in [-0.05, 0) is 74.2 Å². The lowest BCUT2D eigenvalue weighted by molar-refractivity contribution is 0.262. The average molecular weight is 529 g/mol. The summed E-state index contributed by atoms with van der Waals surface area (Å²) < 4.78 is 3.66. The lowest BCUT2D eigenvalue weighted by atomic mass is 9.86. The van der Waals surface area contributed by atoms with E-state index in [9.17, 15) is 10.1 Å². The minimum Gasteiger partial charge on any atom is -0.350 e. The molecular formula is C31H28N8O. The highest BCUT2D eigenvalue weighted by molar-refractivity contribution is 6.00. The van der Waals surface area contributed by atoms with Crippen LogP contribution in [0.15, 0.2) is 79.4 Å². The van der Waals surface area contributed by atoms with E-state index in [1.807, 2.05) is 93.1 Å². The number of nitrogens with one attached hydrogen (secondary N) is 3. The molecule has 5 rings (SSSR count). The second-order valence-electron chi connectivity index (χ2n) is 9.96. The number of benzene rings is 2. The first kappa shape index (κ1) is 26.1. The number of urea groups is 1. The van der Waals surface area contributed by atoms with E-state index >= 15 is 0 Å². The summed E-state index contributed by atoms with van der Waals surface area (Å²) in [5, 5.41) is 22.7. The number of imidazole rings is 1. The normalized spacial score (nSPS) is 10.9. The highest BCUT2D eigenvalue weighted by Gasteiger charge is 2.20. The number of hydrogen-bond donors (Lipinski definition) is 3. The smallest absolute Gasteiger partial charge is 0.323 e. The van der Waals surface area contributed by atoms with Gasteiger partial charge in [0.05, 0.1) is 35.3 Å². The van der Waals surface area contributed by atoms with E-state index in [1.165, 1.54) is 0 Å². The van der Waals surface area contributed by atoms with Crippen LogP contribution in [0.3, 0.4) is 0 Å². The van der Waals surface area contributed by atoms with Crippen molar-refractivity contribution in [2.24, 2.45) is 7.05 Å². The monoisotopic (exact) mass is 528 g/mol. The molecule has 0 saturated heterocycles. The molecule has 0 fully saturated rings. The van der Waals surface area contributed by atoms with Crippen molar-refractivity contribution < 1.29 is 4.79 Å². The van der Waals surface area contributed by atoms with E-state index in [1.54, 1.807) is 23.1 Å². The summed E-state index contributed by atoms with van der Waals surface area (Å²) in [6.07, 6.45) is 7.31. The van der Waals surface area contributed by atoms with Gasteiger partial charge in [0.25, 0.3) is 0 Å². The number of carbonyl (C=O) groups excluding carboxylic acids is 1. The molecule has 5 aromatic rings. The number of aryl methyl sites for hydroxylation is 2. The number of carbonyl (C=O) groups is 1. The fourth-order valence-electron chi connectivity index (χ4n) is 4.15. The van der Waals surface area contributed by atoms with Crippen molar-refractivity contribution in [2.45, 2.75) is 26.2 Å². The second-order valence-corrected chi connectivity index (χ2v) is 9.96. The first-order chi connectivity index (χ1) is 19.2. The number of nitriles is 1. The van der Waals surface area contributed by atoms with Gasteiger partial charge in [0.1, 0.15) is 5.69 Å². The molecule has 0 aliphatic heterocycles. The van der Waals surface area contributed by atoms with E-state index in [0.29, 0.717) is 11.4 Å². The number of amides is 2. The molecule has 0 radical (unpaired) electrons. The summed E-state index contributed by atoms with van der Waals surface area (Å²) in [6.45, 7) is 5.65. The van der Waals surface area contributed by atoms with Crippen LogP contribution in [0.25, 0.3) is 5.65 Å². The van der Waals surface area contributed by atoms with Crippen molar-refractivity contribution in [2.75, 3.05) is 16.0 Å². The standard InChI is InChI=1S/C31H28N8O/c1-21-10-12-25(37-30(40)36-24-8-5-7-23(16-24)31(2,3)20-32)15-22(21)11-13-27-18-33-29-28(9-6-14-39(27)29)35-26-17-34-38(4)19-26/h5-10,12,14-19,35H,1-4H3,(H2,36,37,40). The highest BCUT2D eigenvalue weighted by atomic mass is 16.2. The third kappa shape index (κ3) is 5.64. The molecule has 3 N–H and O–H groups in total. The molecule has 2 aromatic carbocycles. The topological polar surface area (TPSA) is 112 Å². The van der Waals surface area contributed by atoms with Gasteiger partial charge in [0, 0.05) is 36.4 Å². The van der Waals surface area contributed by atoms with Crippen molar-refractivity contribution in [3.05, 3.63) is 102 Å². The van der Waals surface area contributed by atoms with Gasteiger partial charge in [-0.1, -0.05) is 24.1 Å². The molecule has 2 amide bonds. The molecule has 3 heterocycles. The molecule has 0 atom stereocenters. The van der Waals surface area contributed by atoms with Crippen molar-refractivity contribution in [3.8, 4) is 17.9 Å². The molecule has 9 nitrogen and oxygen atoms in total. The number of aromatic nitrogens is 4. The second kappa shape index (κ2) is 10.7. The van der Waals surface area contributed by atoms with E-state index in [4.69, 9.17) is 0 Å². The number of nitrogens with zero attached hydrogens (tertiary/aromatic N) is 5. The molecule has 0 bridgehead atoms. The molecule has 0 unspecified atom stereocenters. The maximum absolute atomic E-state index is 12.7. The van der Waals surface area contributed by atoms with Crippen molar-refractivity contribution in [1.82, 2.24) is 19.2 Å². The van der Waals surface area contributed by atoms with Gasteiger partial charge in [-0.25, -0.2) is 9.78 Å². The van der Waals surface area contributed by atoms with Crippen LogP contribution in [0.4, 0.5) is 27.5 Å². The number of fused-ring (bicyclic) bond motifs is 1. The minimum absolute atomic E-state index is 0.384. The van der Waals surface area contributed by atoms with Crippen molar-refractivity contribution in [1.29, 1.82) is 5.26 Å². The van der Waals surface area contributed by atoms with E-state index in [0.717, 1.165) is 39.4 Å². The van der Waals surface area contributed by atoms with E-state index in [-0.39, 0.29) is 6.03 Å². The average Bonchev–Trinajstić information content (AvgIpc) is 3.55. The number of hydrogen-bond acceptors (Lipinski definition) is 5. The van der Waals surface area contributed by atoms with Gasteiger partial charge in [0.2, 0.25) is 0 Å². The maximum Gasteiger partial charge on any atom is 0.323 e. The lowest BCUT2D eigenvalue weighted by Gasteiger charge is -2.17. The van der Waals surface area contributed by atoms with Gasteiger partial charge >= 0.3 is 6.03 Å². The Kier molecular flexibility index (Phi) is 6.96. The number of pyridine rings is 1. The zero-order valence-electron chi connectivity index (χ0n) is 22.6. The van der Waals surface area contributed by atoms with Gasteiger partial charge in [-0.3, -0.25) is 9.08 Å². The molecule has 3 aromatic heterocycles. The van der Waals surface area contributed by atoms with Gasteiger partial charge in [-0.15, -0.1) is 0 Å². The van der Waals surface area contributed by atoms with Crippen LogP contribution >= 0.6 is 0 Å². The highest BCUT2D eigenvalue weighted by Crippen LogP contribution is 2.25. The summed E-state index contributed by atoms with van der Waals surface area (Å²) in [5.41, 5.74) is 6.37. The zero-order valence-corrected chi connectivity index (χ0v) is 22.6. The van der Waals surface area contributed by atoms with Crippen molar-refractivity contribution in [3.63, 3.8) is 0 Å². The fraction of sp³-hybridized carbons (Fsp3) is 0.161. The molecule has 0 saturated carbocycles. The van der Waals surface area contributed by atoms with Crippen LogP contribution in [0, 0.1) is 30.1 Å². The van der Waals surface area contributed by atoms with E-state index in [2.05, 4.69) is 43.9 Å². The Labute approximate surface area is 232 Å². The lowest BCUT2D eigenvalue weighted by Crippen LogP contribution is -2.20. The summed E-state index contributed by atoms with van der Waals surface area (Å²) in [5.74, 6) is 6.44. The SMILES string of the molecule is Cc1ccc(NC(=O)Nc2cccc(C(C)(C)C#N)c2)cc1C#Cc1cnc2c(Nc3cnn(C)c3)cccn12. The van der Waals surface area contributed by atoms with Gasteiger partial charge < -0.3 is 16.0 Å². The Morgan fingerprint density at radius 3 is 2.52 bits per heavy atom. The molecule has 40 heavy (non-hydrogen) atoms. The first-order valence-corrected chi connectivity index (χ1v) is 12.7. The fourth-order valence-corrected chi connectivity index (χ4v) is 4.15. The Morgan fingerprint density at radius 1 is 0.975 bits per heavy atom. The summed E-state index contributed by atoms with van der Waals surface area (Å²) in [6, 6.07) is 18.7. The van der Waals surface area contributed by atoms with Crippen LogP contribution in [-0.2, 0) is 12.5 Å². The third-order valence-corrected chi connectivity index (χ3v) is 6.46. The quantitative estimate of drug-likeness (QED) is 0.244. The molecule has 9 heteroatoms. The van der Waals surface area contributed by atoms with Crippen LogP contribution in [0.2, 0.25) is 0 Å². The molecule has 0 aliphatic carbocycles. The molecule has 0 aliphatic rings. The number of rotatable bonds is 5. The summed E-state index contributed by atoms with van der Waals surface area (Å²) in [7, 11) is 1.87. The predicted molar refractivity (Wildman–Crippen MR) is 157 cm³/mol.